The fourth-order valence-electron chi connectivity index (χ4n) is 3.59. The molecule has 1 atom stereocenters. The van der Waals surface area contributed by atoms with Crippen LogP contribution in [0.25, 0.3) is 11.3 Å². The zero-order chi connectivity index (χ0) is 17.8. The van der Waals surface area contributed by atoms with Crippen molar-refractivity contribution >= 4 is 23.1 Å². The Hall–Kier alpha value is -2.54. The van der Waals surface area contributed by atoms with Crippen LogP contribution in [0.4, 0.5) is 10.2 Å². The van der Waals surface area contributed by atoms with Gasteiger partial charge in [-0.1, -0.05) is 0 Å². The molecule has 0 spiro atoms. The zero-order valence-electron chi connectivity index (χ0n) is 14.2. The number of thiazole rings is 1. The lowest BCUT2D eigenvalue weighted by molar-refractivity contribution is -0.116. The van der Waals surface area contributed by atoms with Gasteiger partial charge in [0.25, 0.3) is 0 Å². The van der Waals surface area contributed by atoms with Crippen LogP contribution < -0.4 is 5.32 Å². The van der Waals surface area contributed by atoms with E-state index in [9.17, 15) is 9.18 Å². The Balaban J connectivity index is 1.57. The van der Waals surface area contributed by atoms with E-state index in [1.165, 1.54) is 12.1 Å². The van der Waals surface area contributed by atoms with E-state index in [1.807, 2.05) is 12.4 Å². The SMILES string of the molecule is Cn1nc(C2CC2)c2c1NC(=O)C[C@H]2c1nc(-c2ccc(F)cc2)cs1. The second-order valence-electron chi connectivity index (χ2n) is 6.93. The third-order valence-electron chi connectivity index (χ3n) is 5.03. The molecule has 0 bridgehead atoms. The monoisotopic (exact) mass is 368 g/mol. The molecule has 1 fully saturated rings. The number of hydrogen-bond donors (Lipinski definition) is 1. The maximum absolute atomic E-state index is 13.2. The van der Waals surface area contributed by atoms with Crippen LogP contribution in [0.5, 0.6) is 0 Å². The molecule has 1 aliphatic carbocycles. The normalized spacial score (nSPS) is 19.3. The summed E-state index contributed by atoms with van der Waals surface area (Å²) in [6.07, 6.45) is 2.69. The van der Waals surface area contributed by atoms with Crippen molar-refractivity contribution < 1.29 is 9.18 Å². The van der Waals surface area contributed by atoms with Crippen molar-refractivity contribution in [2.45, 2.75) is 31.1 Å². The van der Waals surface area contributed by atoms with Gasteiger partial charge in [0, 0.05) is 35.9 Å². The van der Waals surface area contributed by atoms with Gasteiger partial charge in [-0.25, -0.2) is 9.37 Å². The summed E-state index contributed by atoms with van der Waals surface area (Å²) in [6.45, 7) is 0. The predicted octanol–water partition coefficient (Wildman–Crippen LogP) is 4.03. The first-order valence-electron chi connectivity index (χ1n) is 8.68. The highest BCUT2D eigenvalue weighted by Crippen LogP contribution is 2.48. The van der Waals surface area contributed by atoms with Crippen molar-refractivity contribution in [1.82, 2.24) is 14.8 Å². The molecule has 0 unspecified atom stereocenters. The Bertz CT molecular complexity index is 1000. The first-order chi connectivity index (χ1) is 12.6. The summed E-state index contributed by atoms with van der Waals surface area (Å²) in [5.74, 6) is 0.960. The van der Waals surface area contributed by atoms with Gasteiger partial charge < -0.3 is 5.32 Å². The molecule has 3 aromatic rings. The summed E-state index contributed by atoms with van der Waals surface area (Å²) in [5.41, 5.74) is 3.91. The lowest BCUT2D eigenvalue weighted by Crippen LogP contribution is -2.24. The van der Waals surface area contributed by atoms with Crippen LogP contribution in [-0.2, 0) is 11.8 Å². The summed E-state index contributed by atoms with van der Waals surface area (Å²) >= 11 is 1.55. The Kier molecular flexibility index (Phi) is 3.46. The van der Waals surface area contributed by atoms with E-state index in [-0.39, 0.29) is 17.6 Å². The average molecular weight is 368 g/mol. The number of carbonyl (C=O) groups is 1. The number of halogens is 1. The predicted molar refractivity (Wildman–Crippen MR) is 97.8 cm³/mol. The van der Waals surface area contributed by atoms with Crippen molar-refractivity contribution in [3.05, 3.63) is 51.7 Å². The lowest BCUT2D eigenvalue weighted by atomic mass is 9.91. The molecule has 0 radical (unpaired) electrons. The number of amides is 1. The lowest BCUT2D eigenvalue weighted by Gasteiger charge is -2.22. The van der Waals surface area contributed by atoms with Gasteiger partial charge in [-0.15, -0.1) is 11.3 Å². The van der Waals surface area contributed by atoms with Crippen LogP contribution in [0, 0.1) is 5.82 Å². The van der Waals surface area contributed by atoms with Gasteiger partial charge >= 0.3 is 0 Å². The van der Waals surface area contributed by atoms with Crippen LogP contribution >= 0.6 is 11.3 Å². The Morgan fingerprint density at radius 2 is 2.04 bits per heavy atom. The molecule has 2 aliphatic rings. The number of aromatic nitrogens is 3. The van der Waals surface area contributed by atoms with Crippen LogP contribution in [0.15, 0.2) is 29.6 Å². The summed E-state index contributed by atoms with van der Waals surface area (Å²) in [7, 11) is 1.87. The molecule has 5 nitrogen and oxygen atoms in total. The average Bonchev–Trinajstić information content (AvgIpc) is 3.26. The van der Waals surface area contributed by atoms with Crippen LogP contribution in [0.1, 0.15) is 47.4 Å². The number of fused-ring (bicyclic) bond motifs is 1. The maximum atomic E-state index is 13.2. The van der Waals surface area contributed by atoms with E-state index in [1.54, 1.807) is 28.2 Å². The number of nitrogens with one attached hydrogen (secondary N) is 1. The minimum Gasteiger partial charge on any atom is -0.311 e. The number of aryl methyl sites for hydroxylation is 1. The van der Waals surface area contributed by atoms with Gasteiger partial charge in [-0.3, -0.25) is 9.48 Å². The van der Waals surface area contributed by atoms with E-state index in [4.69, 9.17) is 4.98 Å². The number of anilines is 1. The molecule has 1 aromatic carbocycles. The first-order valence-corrected chi connectivity index (χ1v) is 9.56. The van der Waals surface area contributed by atoms with Gasteiger partial charge in [-0.05, 0) is 37.1 Å². The van der Waals surface area contributed by atoms with E-state index in [0.717, 1.165) is 46.2 Å². The van der Waals surface area contributed by atoms with Gasteiger partial charge in [-0.2, -0.15) is 5.10 Å². The minimum atomic E-state index is -0.262. The van der Waals surface area contributed by atoms with Gasteiger partial charge in [0.05, 0.1) is 17.3 Å². The standard InChI is InChI=1S/C19H17FN4OS/c1-24-18-16(17(23-24)11-2-3-11)13(8-15(25)22-18)19-21-14(9-26-19)10-4-6-12(20)7-5-10/h4-7,9,11,13H,2-3,8H2,1H3,(H,22,25)/t13-/m1/s1. The fourth-order valence-corrected chi connectivity index (χ4v) is 4.53. The second kappa shape index (κ2) is 5.74. The fraction of sp³-hybridized carbons (Fsp3) is 0.316. The highest BCUT2D eigenvalue weighted by Gasteiger charge is 2.39. The third-order valence-corrected chi connectivity index (χ3v) is 5.99. The van der Waals surface area contributed by atoms with Crippen molar-refractivity contribution in [1.29, 1.82) is 0 Å². The molecule has 1 N–H and O–H groups in total. The summed E-state index contributed by atoms with van der Waals surface area (Å²) in [6, 6.07) is 6.33. The van der Waals surface area contributed by atoms with Crippen molar-refractivity contribution in [3.8, 4) is 11.3 Å². The molecule has 3 heterocycles. The molecule has 5 rings (SSSR count). The Morgan fingerprint density at radius 1 is 1.27 bits per heavy atom. The summed E-state index contributed by atoms with van der Waals surface area (Å²) < 4.78 is 14.9. The second-order valence-corrected chi connectivity index (χ2v) is 7.82. The molecule has 2 aromatic heterocycles. The molecule has 7 heteroatoms. The van der Waals surface area contributed by atoms with Gasteiger partial charge in [0.2, 0.25) is 5.91 Å². The number of hydrogen-bond acceptors (Lipinski definition) is 4. The van der Waals surface area contributed by atoms with Crippen molar-refractivity contribution in [2.24, 2.45) is 7.05 Å². The minimum absolute atomic E-state index is 0.00798. The Morgan fingerprint density at radius 3 is 2.77 bits per heavy atom. The van der Waals surface area contributed by atoms with E-state index in [0.29, 0.717) is 12.3 Å². The molecule has 1 amide bonds. The molecule has 1 aliphatic heterocycles. The highest BCUT2D eigenvalue weighted by molar-refractivity contribution is 7.10. The summed E-state index contributed by atoms with van der Waals surface area (Å²) in [5, 5.41) is 10.5. The highest BCUT2D eigenvalue weighted by atomic mass is 32.1. The Labute approximate surface area is 153 Å². The van der Waals surface area contributed by atoms with Crippen molar-refractivity contribution in [3.63, 3.8) is 0 Å². The van der Waals surface area contributed by atoms with Crippen molar-refractivity contribution in [2.75, 3.05) is 5.32 Å². The number of carbonyl (C=O) groups excluding carboxylic acids is 1. The molecule has 26 heavy (non-hydrogen) atoms. The maximum Gasteiger partial charge on any atom is 0.226 e. The quantitative estimate of drug-likeness (QED) is 0.759. The van der Waals surface area contributed by atoms with E-state index >= 15 is 0 Å². The zero-order valence-corrected chi connectivity index (χ0v) is 15.0. The van der Waals surface area contributed by atoms with E-state index in [2.05, 4.69) is 10.4 Å². The van der Waals surface area contributed by atoms with Crippen LogP contribution in [0.3, 0.4) is 0 Å². The third kappa shape index (κ3) is 2.54. The largest absolute Gasteiger partial charge is 0.311 e. The summed E-state index contributed by atoms with van der Waals surface area (Å²) in [4.78, 5) is 17.0. The molecular weight excluding hydrogens is 351 g/mol. The first kappa shape index (κ1) is 15.7. The van der Waals surface area contributed by atoms with Crippen LogP contribution in [0.2, 0.25) is 0 Å². The van der Waals surface area contributed by atoms with Gasteiger partial charge in [0.15, 0.2) is 0 Å². The molecule has 0 saturated heterocycles. The number of benzene rings is 1. The number of nitrogens with zero attached hydrogens (tertiary/aromatic N) is 3. The molecular formula is C19H17FN4OS. The number of rotatable bonds is 3. The van der Waals surface area contributed by atoms with Crippen LogP contribution in [-0.4, -0.2) is 20.7 Å². The molecule has 1 saturated carbocycles. The van der Waals surface area contributed by atoms with Gasteiger partial charge in [0.1, 0.15) is 16.6 Å². The topological polar surface area (TPSA) is 59.8 Å². The van der Waals surface area contributed by atoms with E-state index < -0.39 is 0 Å². The smallest absolute Gasteiger partial charge is 0.226 e. The molecule has 132 valence electrons.